The number of benzene rings is 4. The molecule has 0 aliphatic carbocycles. The number of nitrogens with one attached hydrogen (secondary N) is 1. The van der Waals surface area contributed by atoms with Crippen LogP contribution in [-0.4, -0.2) is 65.6 Å². The quantitative estimate of drug-likeness (QED) is 0.152. The van der Waals surface area contributed by atoms with Gasteiger partial charge in [-0.15, -0.1) is 0 Å². The number of ether oxygens (including phenoxy) is 1. The first-order chi connectivity index (χ1) is 25.4. The number of nitrogens with zero attached hydrogens (tertiary/aromatic N) is 2. The van der Waals surface area contributed by atoms with Gasteiger partial charge in [0.05, 0.1) is 41.4 Å². The molecule has 0 spiro atoms. The van der Waals surface area contributed by atoms with E-state index >= 15 is 0 Å². The van der Waals surface area contributed by atoms with Gasteiger partial charge in [0.25, 0.3) is 5.91 Å². The Morgan fingerprint density at radius 2 is 1.56 bits per heavy atom. The molecule has 54 heavy (non-hydrogen) atoms. The first-order valence-electron chi connectivity index (χ1n) is 17.2. The van der Waals surface area contributed by atoms with Gasteiger partial charge in [0.15, 0.2) is 5.75 Å². The van der Waals surface area contributed by atoms with E-state index in [4.69, 9.17) is 4.74 Å². The minimum Gasteiger partial charge on any atom is -0.486 e. The van der Waals surface area contributed by atoms with Crippen molar-refractivity contribution in [2.24, 2.45) is 5.92 Å². The molecule has 4 aromatic carbocycles. The van der Waals surface area contributed by atoms with Crippen LogP contribution < -0.4 is 10.1 Å². The third-order valence-electron chi connectivity index (χ3n) is 9.32. The third-order valence-corrected chi connectivity index (χ3v) is 9.32. The number of rotatable bonds is 11. The Labute approximate surface area is 308 Å². The highest BCUT2D eigenvalue weighted by Gasteiger charge is 2.36. The lowest BCUT2D eigenvalue weighted by atomic mass is 9.98. The maximum absolute atomic E-state index is 13.8. The van der Waals surface area contributed by atoms with E-state index in [1.54, 1.807) is 42.2 Å². The van der Waals surface area contributed by atoms with Crippen molar-refractivity contribution in [2.45, 2.75) is 57.7 Å². The van der Waals surface area contributed by atoms with Gasteiger partial charge in [-0.3, -0.25) is 14.5 Å². The summed E-state index contributed by atoms with van der Waals surface area (Å²) < 4.78 is 99.0. The molecule has 2 N–H and O–H groups in total. The highest BCUT2D eigenvalue weighted by Crippen LogP contribution is 2.36. The molecule has 0 saturated heterocycles. The van der Waals surface area contributed by atoms with Crippen LogP contribution in [0.15, 0.2) is 84.9 Å². The lowest BCUT2D eigenvalue weighted by Crippen LogP contribution is -2.49. The van der Waals surface area contributed by atoms with E-state index in [0.717, 1.165) is 35.4 Å². The largest absolute Gasteiger partial charge is 0.486 e. The molecule has 1 aliphatic rings. The number of alkyl halides is 6. The van der Waals surface area contributed by atoms with Crippen molar-refractivity contribution in [3.63, 3.8) is 0 Å². The summed E-state index contributed by atoms with van der Waals surface area (Å²) in [5, 5.41) is 12.8. The molecule has 288 valence electrons. The Morgan fingerprint density at radius 3 is 2.19 bits per heavy atom. The molecule has 0 bridgehead atoms. The minimum atomic E-state index is -4.80. The van der Waals surface area contributed by atoms with Crippen molar-refractivity contribution in [1.29, 1.82) is 0 Å². The summed E-state index contributed by atoms with van der Waals surface area (Å²) in [5.74, 6) is -2.39. The summed E-state index contributed by atoms with van der Waals surface area (Å²) in [7, 11) is 1.87. The van der Waals surface area contributed by atoms with Crippen LogP contribution in [0.4, 0.5) is 36.4 Å². The number of hydrogen-bond donors (Lipinski definition) is 2. The maximum Gasteiger partial charge on any atom is 0.419 e. The van der Waals surface area contributed by atoms with Crippen LogP contribution in [0.1, 0.15) is 57.6 Å². The fourth-order valence-corrected chi connectivity index (χ4v) is 6.33. The molecule has 7 nitrogen and oxygen atoms in total. The van der Waals surface area contributed by atoms with Crippen molar-refractivity contribution in [3.8, 4) is 5.75 Å². The minimum absolute atomic E-state index is 0.127. The number of para-hydroxylation sites is 1. The van der Waals surface area contributed by atoms with Crippen molar-refractivity contribution in [1.82, 2.24) is 9.80 Å². The van der Waals surface area contributed by atoms with Crippen LogP contribution in [0.5, 0.6) is 5.75 Å². The molecular formula is C40H40F7N3O4. The summed E-state index contributed by atoms with van der Waals surface area (Å²) in [5.41, 5.74) is 0.546. The van der Waals surface area contributed by atoms with Crippen LogP contribution in [0.3, 0.4) is 0 Å². The summed E-state index contributed by atoms with van der Waals surface area (Å²) >= 11 is 0. The molecule has 0 unspecified atom stereocenters. The van der Waals surface area contributed by atoms with Gasteiger partial charge in [-0.05, 0) is 79.0 Å². The smallest absolute Gasteiger partial charge is 0.419 e. The number of anilines is 1. The monoisotopic (exact) mass is 759 g/mol. The molecule has 5 rings (SSSR count). The Bertz CT molecular complexity index is 1930. The fourth-order valence-electron chi connectivity index (χ4n) is 6.33. The van der Waals surface area contributed by atoms with Gasteiger partial charge in [0.1, 0.15) is 11.9 Å². The molecule has 0 saturated carbocycles. The van der Waals surface area contributed by atoms with E-state index in [-0.39, 0.29) is 48.9 Å². The normalized spacial score (nSPS) is 17.0. The van der Waals surface area contributed by atoms with Crippen LogP contribution in [0, 0.1) is 11.7 Å². The second-order valence-electron chi connectivity index (χ2n) is 13.7. The number of aliphatic hydroxyl groups is 1. The zero-order valence-electron chi connectivity index (χ0n) is 29.8. The molecule has 0 fully saturated rings. The lowest BCUT2D eigenvalue weighted by molar-refractivity contribution is -0.140. The van der Waals surface area contributed by atoms with Crippen molar-refractivity contribution in [3.05, 3.63) is 130 Å². The Balaban J connectivity index is 1.32. The Hall–Kier alpha value is -4.95. The van der Waals surface area contributed by atoms with Gasteiger partial charge in [0, 0.05) is 25.6 Å². The van der Waals surface area contributed by atoms with Gasteiger partial charge in [-0.1, -0.05) is 55.5 Å². The second-order valence-corrected chi connectivity index (χ2v) is 13.7. The lowest BCUT2D eigenvalue weighted by Gasteiger charge is -2.38. The first-order valence-corrected chi connectivity index (χ1v) is 17.2. The molecule has 1 heterocycles. The Morgan fingerprint density at radius 1 is 0.926 bits per heavy atom. The number of fused-ring (bicyclic) bond motifs is 1. The van der Waals surface area contributed by atoms with Crippen molar-refractivity contribution < 1.29 is 50.2 Å². The molecule has 4 aromatic rings. The molecule has 2 amide bonds. The van der Waals surface area contributed by atoms with Gasteiger partial charge < -0.3 is 20.1 Å². The highest BCUT2D eigenvalue weighted by molar-refractivity contribution is 6.02. The van der Waals surface area contributed by atoms with E-state index in [9.17, 15) is 45.4 Å². The third kappa shape index (κ3) is 9.97. The topological polar surface area (TPSA) is 82.1 Å². The summed E-state index contributed by atoms with van der Waals surface area (Å²) in [6.45, 7) is 4.42. The van der Waals surface area contributed by atoms with E-state index in [1.165, 1.54) is 18.2 Å². The number of carbonyl (C=O) groups is 2. The Kier molecular flexibility index (Phi) is 12.4. The first kappa shape index (κ1) is 40.2. The summed E-state index contributed by atoms with van der Waals surface area (Å²) in [4.78, 5) is 30.5. The van der Waals surface area contributed by atoms with Crippen LogP contribution in [0.2, 0.25) is 0 Å². The predicted octanol–water partition coefficient (Wildman–Crippen LogP) is 7.99. The molecule has 0 aromatic heterocycles. The summed E-state index contributed by atoms with van der Waals surface area (Å²) in [6, 6.07) is 18.7. The highest BCUT2D eigenvalue weighted by atomic mass is 19.4. The van der Waals surface area contributed by atoms with Crippen molar-refractivity contribution >= 4 is 17.5 Å². The van der Waals surface area contributed by atoms with Crippen LogP contribution in [0.25, 0.3) is 0 Å². The number of aliphatic hydroxyl groups excluding tert-OH is 1. The average Bonchev–Trinajstić information content (AvgIpc) is 3.10. The zero-order chi connectivity index (χ0) is 39.4. The van der Waals surface area contributed by atoms with E-state index in [0.29, 0.717) is 24.2 Å². The second kappa shape index (κ2) is 16.6. The number of hydrogen-bond acceptors (Lipinski definition) is 5. The molecule has 14 heteroatoms. The number of likely N-dealkylation sites (N-methyl/N-ethyl adjacent to an activating group) is 1. The molecule has 1 aliphatic heterocycles. The van der Waals surface area contributed by atoms with Gasteiger partial charge in [0.2, 0.25) is 5.91 Å². The van der Waals surface area contributed by atoms with Crippen LogP contribution in [-0.2, 0) is 36.5 Å². The van der Waals surface area contributed by atoms with Gasteiger partial charge >= 0.3 is 12.4 Å². The average molecular weight is 760 g/mol. The van der Waals surface area contributed by atoms with Gasteiger partial charge in [-0.2, -0.15) is 26.3 Å². The number of carbonyl (C=O) groups excluding carboxylic acids is 2. The van der Waals surface area contributed by atoms with Crippen molar-refractivity contribution in [2.75, 3.05) is 32.1 Å². The zero-order valence-corrected chi connectivity index (χ0v) is 29.8. The molecule has 3 atom stereocenters. The maximum atomic E-state index is 13.8. The fraction of sp³-hybridized carbons (Fsp3) is 0.350. The SMILES string of the molecule is C[C@@H]1CN([C@@H](C)CO)C(=O)c2cccc(NC(=O)Cc3ccc(C(F)(F)F)cc3)c2O[C@@H]1CN(C)Cc1ccc(Cc2ccc(F)c(C(F)(F)F)c2)cc1. The predicted molar refractivity (Wildman–Crippen MR) is 188 cm³/mol. The summed E-state index contributed by atoms with van der Waals surface area (Å²) in [6.07, 6.45) is -9.89. The van der Waals surface area contributed by atoms with Gasteiger partial charge in [-0.25, -0.2) is 4.39 Å². The molecular weight excluding hydrogens is 719 g/mol. The number of halogens is 7. The standard InChI is InChI=1S/C40H40F7N3O4/c1-24-20-50(25(2)23-51)38(53)31-5-4-6-34(48-36(52)19-27-11-14-30(15-12-27)39(42,43)44)37(31)54-35(24)22-49(3)21-28-9-7-26(8-10-28)17-29-13-16-33(41)32(18-29)40(45,46)47/h4-16,18,24-25,35,51H,17,19-23H2,1-3H3,(H,48,52)/t24-,25+,35-/m1/s1. The van der Waals surface area contributed by atoms with E-state index in [2.05, 4.69) is 5.32 Å². The van der Waals surface area contributed by atoms with E-state index < -0.39 is 53.3 Å². The van der Waals surface area contributed by atoms with Crippen LogP contribution >= 0.6 is 0 Å². The molecule has 0 radical (unpaired) electrons. The number of amides is 2. The van der Waals surface area contributed by atoms with E-state index in [1.807, 2.05) is 31.0 Å².